The van der Waals surface area contributed by atoms with E-state index in [0.29, 0.717) is 26.1 Å². The number of sulfone groups is 1. The summed E-state index contributed by atoms with van der Waals surface area (Å²) >= 11 is 0. The number of carboxylic acids is 1. The number of rotatable bonds is 6. The number of urea groups is 1. The molecule has 0 aromatic heterocycles. The third kappa shape index (κ3) is 6.76. The minimum absolute atomic E-state index is 0.165. The fourth-order valence-corrected chi connectivity index (χ4v) is 2.67. The second kappa shape index (κ2) is 7.08. The molecule has 1 unspecified atom stereocenters. The molecule has 8 nitrogen and oxygen atoms in total. The average Bonchev–Trinajstić information content (AvgIpc) is 2.33. The molecule has 1 saturated heterocycles. The highest BCUT2D eigenvalue weighted by molar-refractivity contribution is 7.90. The topological polar surface area (TPSA) is 122 Å². The zero-order valence-corrected chi connectivity index (χ0v) is 13.0. The lowest BCUT2D eigenvalue weighted by atomic mass is 9.93. The van der Waals surface area contributed by atoms with E-state index in [0.717, 1.165) is 6.26 Å². The minimum Gasteiger partial charge on any atom is -0.480 e. The van der Waals surface area contributed by atoms with Crippen LogP contribution in [0.2, 0.25) is 0 Å². The molecule has 1 rings (SSSR count). The van der Waals surface area contributed by atoms with Crippen LogP contribution in [-0.4, -0.2) is 62.3 Å². The van der Waals surface area contributed by atoms with Crippen LogP contribution in [0.15, 0.2) is 0 Å². The Kier molecular flexibility index (Phi) is 5.97. The third-order valence-electron chi connectivity index (χ3n) is 3.39. The van der Waals surface area contributed by atoms with E-state index >= 15 is 0 Å². The highest BCUT2D eigenvalue weighted by Gasteiger charge is 2.30. The molecule has 122 valence electrons. The Bertz CT molecular complexity index is 484. The van der Waals surface area contributed by atoms with Gasteiger partial charge in [0, 0.05) is 25.0 Å². The molecule has 0 spiro atoms. The van der Waals surface area contributed by atoms with Crippen molar-refractivity contribution in [3.63, 3.8) is 0 Å². The Morgan fingerprint density at radius 1 is 1.33 bits per heavy atom. The summed E-state index contributed by atoms with van der Waals surface area (Å²) in [5.41, 5.74) is -0.442. The largest absolute Gasteiger partial charge is 0.480 e. The smallest absolute Gasteiger partial charge is 0.326 e. The number of hydrogen-bond donors (Lipinski definition) is 3. The summed E-state index contributed by atoms with van der Waals surface area (Å²) in [5, 5.41) is 14.1. The van der Waals surface area contributed by atoms with Crippen LogP contribution in [0.4, 0.5) is 4.79 Å². The van der Waals surface area contributed by atoms with E-state index in [-0.39, 0.29) is 12.2 Å². The van der Waals surface area contributed by atoms with E-state index in [4.69, 9.17) is 9.84 Å². The average molecular weight is 322 g/mol. The van der Waals surface area contributed by atoms with Gasteiger partial charge in [0.2, 0.25) is 0 Å². The number of nitrogens with one attached hydrogen (secondary N) is 2. The van der Waals surface area contributed by atoms with Crippen LogP contribution in [0.1, 0.15) is 26.2 Å². The van der Waals surface area contributed by atoms with E-state index in [2.05, 4.69) is 10.6 Å². The highest BCUT2D eigenvalue weighted by Crippen LogP contribution is 2.19. The Labute approximate surface area is 124 Å². The first-order valence-electron chi connectivity index (χ1n) is 6.68. The molecule has 1 heterocycles. The van der Waals surface area contributed by atoms with Crippen molar-refractivity contribution in [2.24, 2.45) is 0 Å². The molecule has 3 N–H and O–H groups in total. The van der Waals surface area contributed by atoms with Gasteiger partial charge in [0.15, 0.2) is 0 Å². The minimum atomic E-state index is -3.28. The van der Waals surface area contributed by atoms with Crippen molar-refractivity contribution >= 4 is 21.8 Å². The lowest BCUT2D eigenvalue weighted by molar-refractivity contribution is -0.139. The standard InChI is InChI=1S/C12H22N2O6S/c1-12(4-6-20-7-5-12)14-11(17)13-9(10(15)16)3-8-21(2,18)19/h9H,3-8H2,1-2H3,(H,15,16)(H2,13,14,17). The second-order valence-corrected chi connectivity index (χ2v) is 7.84. The molecule has 1 atom stereocenters. The molecule has 2 amide bonds. The number of ether oxygens (including phenoxy) is 1. The van der Waals surface area contributed by atoms with Gasteiger partial charge in [0.05, 0.1) is 5.75 Å². The van der Waals surface area contributed by atoms with Crippen molar-refractivity contribution < 1.29 is 27.9 Å². The zero-order valence-electron chi connectivity index (χ0n) is 12.2. The van der Waals surface area contributed by atoms with Crippen molar-refractivity contribution in [3.05, 3.63) is 0 Å². The van der Waals surface area contributed by atoms with Crippen LogP contribution >= 0.6 is 0 Å². The van der Waals surface area contributed by atoms with Crippen LogP contribution in [0.25, 0.3) is 0 Å². The first-order valence-corrected chi connectivity index (χ1v) is 8.74. The predicted molar refractivity (Wildman–Crippen MR) is 75.9 cm³/mol. The summed E-state index contributed by atoms with van der Waals surface area (Å²) in [6, 6.07) is -1.84. The fraction of sp³-hybridized carbons (Fsp3) is 0.833. The van der Waals surface area contributed by atoms with Gasteiger partial charge in [-0.25, -0.2) is 18.0 Å². The third-order valence-corrected chi connectivity index (χ3v) is 4.37. The van der Waals surface area contributed by atoms with Gasteiger partial charge < -0.3 is 20.5 Å². The molecule has 0 saturated carbocycles. The van der Waals surface area contributed by atoms with E-state index < -0.39 is 33.4 Å². The Hall–Kier alpha value is -1.35. The van der Waals surface area contributed by atoms with Crippen LogP contribution in [0.3, 0.4) is 0 Å². The number of carbonyl (C=O) groups excluding carboxylic acids is 1. The monoisotopic (exact) mass is 322 g/mol. The summed E-state index contributed by atoms with van der Waals surface area (Å²) in [5.74, 6) is -1.55. The van der Waals surface area contributed by atoms with Gasteiger partial charge >= 0.3 is 12.0 Å². The summed E-state index contributed by atoms with van der Waals surface area (Å²) in [6.45, 7) is 2.93. The molecule has 21 heavy (non-hydrogen) atoms. The molecule has 0 aromatic rings. The molecule has 1 aliphatic rings. The normalized spacial score (nSPS) is 19.5. The maximum absolute atomic E-state index is 11.9. The van der Waals surface area contributed by atoms with Gasteiger partial charge in [-0.3, -0.25) is 0 Å². The number of amides is 2. The Morgan fingerprint density at radius 2 is 1.90 bits per heavy atom. The molecule has 0 bridgehead atoms. The summed E-state index contributed by atoms with van der Waals surface area (Å²) in [7, 11) is -3.28. The second-order valence-electron chi connectivity index (χ2n) is 5.58. The number of aliphatic carboxylic acids is 1. The fourth-order valence-electron chi connectivity index (χ4n) is 2.00. The van der Waals surface area contributed by atoms with E-state index in [1.54, 1.807) is 0 Å². The van der Waals surface area contributed by atoms with Gasteiger partial charge in [0.25, 0.3) is 0 Å². The molecule has 0 radical (unpaired) electrons. The first-order chi connectivity index (χ1) is 9.61. The van der Waals surface area contributed by atoms with Gasteiger partial charge in [0.1, 0.15) is 15.9 Å². The number of hydrogen-bond acceptors (Lipinski definition) is 5. The zero-order chi connectivity index (χ0) is 16.1. The van der Waals surface area contributed by atoms with Crippen molar-refractivity contribution in [2.75, 3.05) is 25.2 Å². The van der Waals surface area contributed by atoms with Crippen LogP contribution in [0, 0.1) is 0 Å². The maximum Gasteiger partial charge on any atom is 0.326 e. The number of carboxylic acid groups (broad SMARTS) is 1. The molecule has 1 aliphatic heterocycles. The lowest BCUT2D eigenvalue weighted by Gasteiger charge is -2.34. The Morgan fingerprint density at radius 3 is 2.38 bits per heavy atom. The van der Waals surface area contributed by atoms with Crippen LogP contribution in [-0.2, 0) is 19.4 Å². The van der Waals surface area contributed by atoms with Crippen molar-refractivity contribution in [2.45, 2.75) is 37.8 Å². The summed E-state index contributed by atoms with van der Waals surface area (Å²) in [4.78, 5) is 22.9. The van der Waals surface area contributed by atoms with Crippen molar-refractivity contribution in [1.29, 1.82) is 0 Å². The molecule has 0 aliphatic carbocycles. The van der Waals surface area contributed by atoms with Gasteiger partial charge in [-0.05, 0) is 26.2 Å². The predicted octanol–water partition coefficient (Wildman–Crippen LogP) is -0.257. The SMILES string of the molecule is CC1(NC(=O)NC(CCS(C)(=O)=O)C(=O)O)CCOCC1. The van der Waals surface area contributed by atoms with Gasteiger partial charge in [-0.1, -0.05) is 0 Å². The number of carbonyl (C=O) groups is 2. The van der Waals surface area contributed by atoms with Gasteiger partial charge in [-0.15, -0.1) is 0 Å². The Balaban J connectivity index is 2.54. The first kappa shape index (κ1) is 17.7. The molecule has 1 fully saturated rings. The molecule has 0 aromatic carbocycles. The highest BCUT2D eigenvalue weighted by atomic mass is 32.2. The van der Waals surface area contributed by atoms with Crippen molar-refractivity contribution in [1.82, 2.24) is 10.6 Å². The van der Waals surface area contributed by atoms with E-state index in [1.807, 2.05) is 6.92 Å². The van der Waals surface area contributed by atoms with Gasteiger partial charge in [-0.2, -0.15) is 0 Å². The summed E-state index contributed by atoms with van der Waals surface area (Å²) < 4.78 is 27.4. The quantitative estimate of drug-likeness (QED) is 0.619. The van der Waals surface area contributed by atoms with Crippen molar-refractivity contribution in [3.8, 4) is 0 Å². The van der Waals surface area contributed by atoms with Crippen LogP contribution in [0.5, 0.6) is 0 Å². The molecule has 9 heteroatoms. The maximum atomic E-state index is 11.9. The summed E-state index contributed by atoms with van der Waals surface area (Å²) in [6.07, 6.45) is 2.14. The molecular weight excluding hydrogens is 300 g/mol. The van der Waals surface area contributed by atoms with E-state index in [1.165, 1.54) is 0 Å². The molecular formula is C12H22N2O6S. The van der Waals surface area contributed by atoms with Crippen LogP contribution < -0.4 is 10.6 Å². The lowest BCUT2D eigenvalue weighted by Crippen LogP contribution is -2.56. The van der Waals surface area contributed by atoms with E-state index in [9.17, 15) is 18.0 Å².